The minimum absolute atomic E-state index is 0.0678. The van der Waals surface area contributed by atoms with Crippen LogP contribution in [0.15, 0.2) is 18.3 Å². The first-order valence-corrected chi connectivity index (χ1v) is 9.88. The molecule has 1 amide bonds. The topological polar surface area (TPSA) is 54.3 Å². The van der Waals surface area contributed by atoms with E-state index in [1.807, 2.05) is 22.9 Å². The Morgan fingerprint density at radius 3 is 2.84 bits per heavy atom. The summed E-state index contributed by atoms with van der Waals surface area (Å²) in [6, 6.07) is 4.42. The third-order valence-corrected chi connectivity index (χ3v) is 6.51. The Labute approximate surface area is 149 Å². The lowest BCUT2D eigenvalue weighted by molar-refractivity contribution is -0.125. The molecule has 25 heavy (non-hydrogen) atoms. The molecule has 1 N–H and O–H groups in total. The van der Waals surface area contributed by atoms with Crippen molar-refractivity contribution in [2.24, 2.45) is 5.92 Å². The second-order valence-electron chi connectivity index (χ2n) is 8.06. The molecule has 5 nitrogen and oxygen atoms in total. The number of rotatable bonds is 4. The number of hydrogen-bond donors (Lipinski definition) is 1. The number of piperidine rings is 1. The van der Waals surface area contributed by atoms with Crippen molar-refractivity contribution in [1.82, 2.24) is 14.8 Å². The van der Waals surface area contributed by atoms with E-state index in [2.05, 4.69) is 17.1 Å². The van der Waals surface area contributed by atoms with Crippen molar-refractivity contribution in [3.63, 3.8) is 0 Å². The minimum Gasteiger partial charge on any atom is -0.352 e. The number of carbonyl (C=O) groups is 2. The number of amides is 1. The van der Waals surface area contributed by atoms with Gasteiger partial charge in [-0.25, -0.2) is 0 Å². The maximum absolute atomic E-state index is 12.8. The van der Waals surface area contributed by atoms with Gasteiger partial charge in [-0.1, -0.05) is 6.42 Å². The van der Waals surface area contributed by atoms with Gasteiger partial charge in [0.2, 0.25) is 5.91 Å². The van der Waals surface area contributed by atoms with Gasteiger partial charge in [0.25, 0.3) is 0 Å². The molecule has 5 heteroatoms. The molecule has 4 rings (SSSR count). The van der Waals surface area contributed by atoms with Crippen LogP contribution in [0, 0.1) is 5.92 Å². The molecule has 3 atom stereocenters. The van der Waals surface area contributed by atoms with Crippen LogP contribution in [-0.2, 0) is 4.79 Å². The highest BCUT2D eigenvalue weighted by atomic mass is 16.2. The Morgan fingerprint density at radius 2 is 2.08 bits per heavy atom. The maximum atomic E-state index is 12.8. The average molecular weight is 343 g/mol. The molecular weight excluding hydrogens is 314 g/mol. The molecule has 2 aliphatic heterocycles. The highest BCUT2D eigenvalue weighted by molar-refractivity contribution is 5.97. The van der Waals surface area contributed by atoms with Gasteiger partial charge in [0.05, 0.1) is 5.69 Å². The molecule has 1 saturated carbocycles. The monoisotopic (exact) mass is 343 g/mol. The summed E-state index contributed by atoms with van der Waals surface area (Å²) in [6.45, 7) is 4.49. The second-order valence-corrected chi connectivity index (χ2v) is 8.06. The molecule has 1 aromatic rings. The van der Waals surface area contributed by atoms with E-state index >= 15 is 0 Å². The predicted molar refractivity (Wildman–Crippen MR) is 96.6 cm³/mol. The molecule has 0 radical (unpaired) electrons. The van der Waals surface area contributed by atoms with Gasteiger partial charge in [0.1, 0.15) is 6.04 Å². The number of likely N-dealkylation sites (tertiary alicyclic amines) is 1. The zero-order valence-electron chi connectivity index (χ0n) is 15.1. The molecule has 2 fully saturated rings. The SMILES string of the molecule is CC(NC(=O)C1CCC(=O)c2cccn21)C1CCCN(C2CCC2)C1. The van der Waals surface area contributed by atoms with Gasteiger partial charge in [-0.05, 0) is 63.6 Å². The first-order chi connectivity index (χ1) is 12.1. The molecule has 1 aliphatic carbocycles. The highest BCUT2D eigenvalue weighted by Crippen LogP contribution is 2.31. The number of nitrogens with one attached hydrogen (secondary N) is 1. The van der Waals surface area contributed by atoms with Gasteiger partial charge in [-0.15, -0.1) is 0 Å². The third kappa shape index (κ3) is 3.26. The van der Waals surface area contributed by atoms with Crippen LogP contribution < -0.4 is 5.32 Å². The fourth-order valence-corrected chi connectivity index (χ4v) is 4.66. The van der Waals surface area contributed by atoms with Crippen LogP contribution in [-0.4, -0.2) is 46.3 Å². The predicted octanol–water partition coefficient (Wildman–Crippen LogP) is 2.77. The number of fused-ring (bicyclic) bond motifs is 1. The van der Waals surface area contributed by atoms with Crippen molar-refractivity contribution in [2.75, 3.05) is 13.1 Å². The quantitative estimate of drug-likeness (QED) is 0.915. The Morgan fingerprint density at radius 1 is 1.24 bits per heavy atom. The van der Waals surface area contributed by atoms with E-state index in [9.17, 15) is 9.59 Å². The Balaban J connectivity index is 1.37. The van der Waals surface area contributed by atoms with E-state index in [4.69, 9.17) is 0 Å². The first-order valence-electron chi connectivity index (χ1n) is 9.88. The lowest BCUT2D eigenvalue weighted by Crippen LogP contribution is -2.51. The van der Waals surface area contributed by atoms with E-state index in [0.717, 1.165) is 12.6 Å². The van der Waals surface area contributed by atoms with Gasteiger partial charge in [-0.3, -0.25) is 9.59 Å². The number of Topliss-reactive ketones (excluding diaryl/α,β-unsaturated/α-hetero) is 1. The van der Waals surface area contributed by atoms with Crippen LogP contribution in [0.25, 0.3) is 0 Å². The summed E-state index contributed by atoms with van der Waals surface area (Å²) in [5.41, 5.74) is 0.674. The molecule has 3 aliphatic rings. The second kappa shape index (κ2) is 6.94. The van der Waals surface area contributed by atoms with Gasteiger partial charge in [0, 0.05) is 31.2 Å². The number of ketones is 1. The summed E-state index contributed by atoms with van der Waals surface area (Å²) in [5, 5.41) is 3.26. The first kappa shape index (κ1) is 16.8. The van der Waals surface area contributed by atoms with Crippen molar-refractivity contribution in [1.29, 1.82) is 0 Å². The third-order valence-electron chi connectivity index (χ3n) is 6.51. The van der Waals surface area contributed by atoms with Crippen molar-refractivity contribution < 1.29 is 9.59 Å². The van der Waals surface area contributed by atoms with Crippen molar-refractivity contribution in [3.05, 3.63) is 24.0 Å². The molecule has 0 spiro atoms. The summed E-state index contributed by atoms with van der Waals surface area (Å²) in [5.74, 6) is 0.747. The van der Waals surface area contributed by atoms with E-state index in [1.165, 1.54) is 38.6 Å². The fraction of sp³-hybridized carbons (Fsp3) is 0.700. The summed E-state index contributed by atoms with van der Waals surface area (Å²) >= 11 is 0. The standard InChI is InChI=1S/C20H29N3O2/c1-14(15-5-3-11-22(13-15)16-6-2-7-16)21-20(25)18-9-10-19(24)17-8-4-12-23(17)18/h4,8,12,14-16,18H,2-3,5-7,9-11,13H2,1H3,(H,21,25). The average Bonchev–Trinajstić information content (AvgIpc) is 3.04. The van der Waals surface area contributed by atoms with Gasteiger partial charge >= 0.3 is 0 Å². The van der Waals surface area contributed by atoms with E-state index in [1.54, 1.807) is 0 Å². The summed E-state index contributed by atoms with van der Waals surface area (Å²) in [6.07, 6.45) is 9.44. The largest absolute Gasteiger partial charge is 0.352 e. The molecule has 3 heterocycles. The van der Waals surface area contributed by atoms with Crippen LogP contribution in [0.1, 0.15) is 68.4 Å². The van der Waals surface area contributed by atoms with Crippen molar-refractivity contribution >= 4 is 11.7 Å². The molecule has 3 unspecified atom stereocenters. The van der Waals surface area contributed by atoms with Crippen LogP contribution in [0.3, 0.4) is 0 Å². The number of aromatic nitrogens is 1. The van der Waals surface area contributed by atoms with Crippen molar-refractivity contribution in [3.8, 4) is 0 Å². The lowest BCUT2D eigenvalue weighted by atomic mass is 9.85. The lowest BCUT2D eigenvalue weighted by Gasteiger charge is -2.44. The maximum Gasteiger partial charge on any atom is 0.243 e. The van der Waals surface area contributed by atoms with Crippen molar-refractivity contribution in [2.45, 2.75) is 70.0 Å². The normalized spacial score (nSPS) is 28.9. The number of hydrogen-bond acceptors (Lipinski definition) is 3. The minimum atomic E-state index is -0.239. The van der Waals surface area contributed by atoms with Crippen LogP contribution in [0.5, 0.6) is 0 Å². The summed E-state index contributed by atoms with van der Waals surface area (Å²) in [4.78, 5) is 27.4. The zero-order chi connectivity index (χ0) is 17.4. The number of nitrogens with zero attached hydrogens (tertiary/aromatic N) is 2. The van der Waals surface area contributed by atoms with Crippen LogP contribution in [0.2, 0.25) is 0 Å². The Bertz CT molecular complexity index is 649. The summed E-state index contributed by atoms with van der Waals surface area (Å²) < 4.78 is 1.86. The molecular formula is C20H29N3O2. The zero-order valence-corrected chi connectivity index (χ0v) is 15.1. The van der Waals surface area contributed by atoms with Gasteiger partial charge in [-0.2, -0.15) is 0 Å². The van der Waals surface area contributed by atoms with Crippen LogP contribution in [0.4, 0.5) is 0 Å². The van der Waals surface area contributed by atoms with Crippen LogP contribution >= 0.6 is 0 Å². The molecule has 136 valence electrons. The summed E-state index contributed by atoms with van der Waals surface area (Å²) in [7, 11) is 0. The molecule has 0 bridgehead atoms. The smallest absolute Gasteiger partial charge is 0.243 e. The van der Waals surface area contributed by atoms with E-state index < -0.39 is 0 Å². The number of carbonyl (C=O) groups excluding carboxylic acids is 2. The molecule has 1 saturated heterocycles. The van der Waals surface area contributed by atoms with Gasteiger partial charge < -0.3 is 14.8 Å². The fourth-order valence-electron chi connectivity index (χ4n) is 4.66. The Kier molecular flexibility index (Phi) is 4.67. The molecule has 0 aromatic carbocycles. The van der Waals surface area contributed by atoms with E-state index in [0.29, 0.717) is 24.5 Å². The van der Waals surface area contributed by atoms with Gasteiger partial charge in [0.15, 0.2) is 5.78 Å². The Hall–Kier alpha value is -1.62. The highest BCUT2D eigenvalue weighted by Gasteiger charge is 2.34. The van der Waals surface area contributed by atoms with E-state index in [-0.39, 0.29) is 23.8 Å². The molecule has 1 aromatic heterocycles.